The Morgan fingerprint density at radius 2 is 0.706 bits per heavy atom. The second-order valence-corrected chi connectivity index (χ2v) is 12.4. The molecular formula is C33H70N+. The molecule has 34 heavy (non-hydrogen) atoms. The molecule has 0 N–H and O–H groups in total. The summed E-state index contributed by atoms with van der Waals surface area (Å²) < 4.78 is 1.27. The summed E-state index contributed by atoms with van der Waals surface area (Å²) in [7, 11) is 2.54. The van der Waals surface area contributed by atoms with Gasteiger partial charge in [0.25, 0.3) is 0 Å². The summed E-state index contributed by atoms with van der Waals surface area (Å²) >= 11 is 0. The van der Waals surface area contributed by atoms with Gasteiger partial charge in [0.15, 0.2) is 0 Å². The van der Waals surface area contributed by atoms with Crippen molar-refractivity contribution in [2.24, 2.45) is 0 Å². The Labute approximate surface area is 218 Å². The summed E-state index contributed by atoms with van der Waals surface area (Å²) in [6.07, 6.45) is 34.7. The summed E-state index contributed by atoms with van der Waals surface area (Å²) in [6, 6.07) is 0. The predicted molar refractivity (Wildman–Crippen MR) is 158 cm³/mol. The van der Waals surface area contributed by atoms with Crippen molar-refractivity contribution >= 4 is 0 Å². The number of unbranched alkanes of at least 4 members (excludes halogenated alkanes) is 21. The molecule has 0 saturated heterocycles. The zero-order valence-corrected chi connectivity index (χ0v) is 25.3. The molecule has 0 heterocycles. The third kappa shape index (κ3) is 18.3. The van der Waals surface area contributed by atoms with Crippen molar-refractivity contribution < 1.29 is 4.48 Å². The van der Waals surface area contributed by atoms with E-state index in [9.17, 15) is 0 Å². The van der Waals surface area contributed by atoms with E-state index < -0.39 is 0 Å². The van der Waals surface area contributed by atoms with Crippen LogP contribution in [0.5, 0.6) is 0 Å². The number of hydrogen-bond donors (Lipinski definition) is 0. The molecule has 0 aliphatic rings. The normalized spacial score (nSPS) is 13.9. The Bertz CT molecular complexity index is 401. The molecule has 0 fully saturated rings. The first-order valence-electron chi connectivity index (χ1n) is 16.3. The lowest BCUT2D eigenvalue weighted by atomic mass is 9.91. The van der Waals surface area contributed by atoms with E-state index in [0.29, 0.717) is 5.54 Å². The van der Waals surface area contributed by atoms with E-state index in [4.69, 9.17) is 0 Å². The van der Waals surface area contributed by atoms with Crippen LogP contribution in [0.2, 0.25) is 0 Å². The van der Waals surface area contributed by atoms with E-state index in [1.54, 1.807) is 0 Å². The van der Waals surface area contributed by atoms with Crippen molar-refractivity contribution in [3.63, 3.8) is 0 Å². The van der Waals surface area contributed by atoms with Gasteiger partial charge < -0.3 is 4.48 Å². The molecule has 1 heteroatoms. The highest BCUT2D eigenvalue weighted by Gasteiger charge is 2.37. The van der Waals surface area contributed by atoms with Gasteiger partial charge in [-0.3, -0.25) is 0 Å². The van der Waals surface area contributed by atoms with Gasteiger partial charge in [-0.15, -0.1) is 0 Å². The molecule has 0 saturated carbocycles. The molecule has 0 aromatic heterocycles. The topological polar surface area (TPSA) is 0 Å². The zero-order valence-electron chi connectivity index (χ0n) is 25.3. The van der Waals surface area contributed by atoms with Crippen molar-refractivity contribution in [2.75, 3.05) is 20.1 Å². The minimum Gasteiger partial charge on any atom is -0.322 e. The van der Waals surface area contributed by atoms with E-state index in [-0.39, 0.29) is 0 Å². The van der Waals surface area contributed by atoms with Crippen LogP contribution in [0, 0.1) is 0 Å². The minimum atomic E-state index is 0.422. The lowest BCUT2D eigenvalue weighted by molar-refractivity contribution is -0.954. The van der Waals surface area contributed by atoms with Crippen LogP contribution in [0.3, 0.4) is 0 Å². The van der Waals surface area contributed by atoms with Crippen LogP contribution in [0.4, 0.5) is 0 Å². The lowest BCUT2D eigenvalue weighted by Gasteiger charge is -2.47. The smallest absolute Gasteiger partial charge is 0.0933 e. The third-order valence-corrected chi connectivity index (χ3v) is 9.06. The average molecular weight is 481 g/mol. The van der Waals surface area contributed by atoms with E-state index in [0.717, 1.165) is 0 Å². The molecule has 0 aromatic carbocycles. The molecule has 0 bridgehead atoms. The Morgan fingerprint density at radius 1 is 0.412 bits per heavy atom. The standard InChI is InChI=1S/C33H70N/c1-7-10-12-14-16-18-20-21-22-23-25-27-29-31-33(4,5)34(6,9-3)32-30-28-26-24-19-17-15-13-11-8-2/h7-32H2,1-6H3/q+1. The first kappa shape index (κ1) is 34.0. The molecular weight excluding hydrogens is 410 g/mol. The van der Waals surface area contributed by atoms with Crippen molar-refractivity contribution in [1.29, 1.82) is 0 Å². The van der Waals surface area contributed by atoms with Crippen LogP contribution < -0.4 is 0 Å². The number of hydrogen-bond acceptors (Lipinski definition) is 0. The molecule has 0 radical (unpaired) electrons. The largest absolute Gasteiger partial charge is 0.322 e. The minimum absolute atomic E-state index is 0.422. The van der Waals surface area contributed by atoms with E-state index >= 15 is 0 Å². The van der Waals surface area contributed by atoms with Crippen molar-refractivity contribution in [3.05, 3.63) is 0 Å². The number of nitrogens with zero attached hydrogens (tertiary/aromatic N) is 1. The molecule has 0 spiro atoms. The molecule has 0 aromatic rings. The summed E-state index contributed by atoms with van der Waals surface area (Å²) in [5.74, 6) is 0. The van der Waals surface area contributed by atoms with Crippen LogP contribution in [-0.4, -0.2) is 30.2 Å². The molecule has 1 atom stereocenters. The second kappa shape index (κ2) is 23.4. The van der Waals surface area contributed by atoms with Gasteiger partial charge in [0, 0.05) is 6.42 Å². The maximum Gasteiger partial charge on any atom is 0.0933 e. The summed E-state index contributed by atoms with van der Waals surface area (Å²) in [4.78, 5) is 0. The molecule has 0 aliphatic heterocycles. The fraction of sp³-hybridized carbons (Fsp3) is 1.00. The zero-order chi connectivity index (χ0) is 25.4. The van der Waals surface area contributed by atoms with E-state index in [1.807, 2.05) is 0 Å². The summed E-state index contributed by atoms with van der Waals surface area (Å²) in [6.45, 7) is 14.8. The van der Waals surface area contributed by atoms with Gasteiger partial charge in [-0.25, -0.2) is 0 Å². The SMILES string of the molecule is CCCCCCCCCCCCCCCC(C)(C)[N+](C)(CC)CCCCCCCCCCCC. The van der Waals surface area contributed by atoms with Crippen molar-refractivity contribution in [2.45, 2.75) is 194 Å². The highest BCUT2D eigenvalue weighted by molar-refractivity contribution is 4.70. The molecule has 0 rings (SSSR count). The fourth-order valence-corrected chi connectivity index (χ4v) is 5.68. The number of rotatable bonds is 27. The highest BCUT2D eigenvalue weighted by Crippen LogP contribution is 2.29. The van der Waals surface area contributed by atoms with Gasteiger partial charge in [0.05, 0.1) is 25.7 Å². The first-order valence-corrected chi connectivity index (χ1v) is 16.3. The van der Waals surface area contributed by atoms with Gasteiger partial charge in [-0.05, 0) is 40.0 Å². The predicted octanol–water partition coefficient (Wildman–Crippen LogP) is 11.6. The average Bonchev–Trinajstić information content (AvgIpc) is 2.82. The summed E-state index contributed by atoms with van der Waals surface area (Å²) in [5, 5.41) is 0. The van der Waals surface area contributed by atoms with Crippen LogP contribution in [-0.2, 0) is 0 Å². The summed E-state index contributed by atoms with van der Waals surface area (Å²) in [5.41, 5.74) is 0.422. The number of quaternary nitrogens is 1. The quantitative estimate of drug-likeness (QED) is 0.0809. The maximum absolute atomic E-state index is 2.55. The maximum atomic E-state index is 2.55. The lowest BCUT2D eigenvalue weighted by Crippen LogP contribution is -2.59. The van der Waals surface area contributed by atoms with Gasteiger partial charge in [-0.2, -0.15) is 0 Å². The van der Waals surface area contributed by atoms with Gasteiger partial charge >= 0.3 is 0 Å². The van der Waals surface area contributed by atoms with Crippen molar-refractivity contribution in [1.82, 2.24) is 0 Å². The fourth-order valence-electron chi connectivity index (χ4n) is 5.68. The molecule has 0 aliphatic carbocycles. The monoisotopic (exact) mass is 481 g/mol. The van der Waals surface area contributed by atoms with Crippen LogP contribution >= 0.6 is 0 Å². The van der Waals surface area contributed by atoms with Crippen molar-refractivity contribution in [3.8, 4) is 0 Å². The Kier molecular flexibility index (Phi) is 23.3. The van der Waals surface area contributed by atoms with Crippen LogP contribution in [0.25, 0.3) is 0 Å². The van der Waals surface area contributed by atoms with E-state index in [2.05, 4.69) is 41.7 Å². The van der Waals surface area contributed by atoms with Gasteiger partial charge in [0.1, 0.15) is 0 Å². The van der Waals surface area contributed by atoms with Crippen LogP contribution in [0.1, 0.15) is 189 Å². The molecule has 0 amide bonds. The molecule has 206 valence electrons. The van der Waals surface area contributed by atoms with Gasteiger partial charge in [-0.1, -0.05) is 142 Å². The van der Waals surface area contributed by atoms with Crippen LogP contribution in [0.15, 0.2) is 0 Å². The molecule has 1 nitrogen and oxygen atoms in total. The molecule has 1 unspecified atom stereocenters. The van der Waals surface area contributed by atoms with Gasteiger partial charge in [0.2, 0.25) is 0 Å². The Balaban J connectivity index is 3.77. The second-order valence-electron chi connectivity index (χ2n) is 12.4. The highest BCUT2D eigenvalue weighted by atomic mass is 15.4. The third-order valence-electron chi connectivity index (χ3n) is 9.06. The first-order chi connectivity index (χ1) is 16.4. The van der Waals surface area contributed by atoms with E-state index in [1.165, 1.54) is 172 Å². The Hall–Kier alpha value is -0.0400. The Morgan fingerprint density at radius 3 is 1.03 bits per heavy atom.